The summed E-state index contributed by atoms with van der Waals surface area (Å²) in [4.78, 5) is 29.4. The van der Waals surface area contributed by atoms with Crippen LogP contribution in [0.25, 0.3) is 5.69 Å². The number of likely N-dealkylation sites (N-methyl/N-ethyl adjacent to an activating group) is 1. The van der Waals surface area contributed by atoms with Crippen molar-refractivity contribution in [3.05, 3.63) is 46.6 Å². The first-order chi connectivity index (χ1) is 13.1. The van der Waals surface area contributed by atoms with Gasteiger partial charge in [0.1, 0.15) is 5.82 Å². The fraction of sp³-hybridized carbons (Fsp3) is 0.550. The number of likely N-dealkylation sites (tertiary alicyclic amines) is 2. The normalized spacial score (nSPS) is 22.1. The van der Waals surface area contributed by atoms with Crippen LogP contribution >= 0.6 is 0 Å². The molecule has 7 nitrogen and oxygen atoms in total. The van der Waals surface area contributed by atoms with Crippen molar-refractivity contribution in [2.75, 3.05) is 26.7 Å². The van der Waals surface area contributed by atoms with Crippen LogP contribution in [0.4, 0.5) is 0 Å². The average Bonchev–Trinajstić information content (AvgIpc) is 3.10. The molecule has 27 heavy (non-hydrogen) atoms. The van der Waals surface area contributed by atoms with Gasteiger partial charge in [-0.25, -0.2) is 14.5 Å². The van der Waals surface area contributed by atoms with Crippen LogP contribution in [0.15, 0.2) is 35.1 Å². The molecule has 0 radical (unpaired) electrons. The number of para-hydroxylation sites is 1. The number of nitrogens with zero attached hydrogens (tertiary/aromatic N) is 4. The largest absolute Gasteiger partial charge is 0.347 e. The number of rotatable bonds is 3. The lowest BCUT2D eigenvalue weighted by molar-refractivity contribution is -0.138. The van der Waals surface area contributed by atoms with E-state index in [0.717, 1.165) is 56.8 Å². The third-order valence-electron chi connectivity index (χ3n) is 5.94. The molecule has 1 amide bonds. The van der Waals surface area contributed by atoms with Crippen LogP contribution in [0.1, 0.15) is 43.8 Å². The first-order valence-electron chi connectivity index (χ1n) is 9.87. The third-order valence-corrected chi connectivity index (χ3v) is 5.94. The van der Waals surface area contributed by atoms with E-state index < -0.39 is 0 Å². The van der Waals surface area contributed by atoms with Gasteiger partial charge in [0.15, 0.2) is 0 Å². The fourth-order valence-electron chi connectivity index (χ4n) is 4.37. The van der Waals surface area contributed by atoms with Crippen LogP contribution in [0.3, 0.4) is 0 Å². The summed E-state index contributed by atoms with van der Waals surface area (Å²) in [7, 11) is 2.05. The zero-order valence-electron chi connectivity index (χ0n) is 15.8. The summed E-state index contributed by atoms with van der Waals surface area (Å²) in [5.74, 6) is 1.21. The van der Waals surface area contributed by atoms with E-state index >= 15 is 0 Å². The molecule has 4 rings (SSSR count). The lowest BCUT2D eigenvalue weighted by Crippen LogP contribution is -2.51. The Morgan fingerprint density at radius 3 is 2.52 bits per heavy atom. The molecule has 2 fully saturated rings. The zero-order valence-corrected chi connectivity index (χ0v) is 15.8. The molecular formula is C20H27N5O2. The Morgan fingerprint density at radius 2 is 1.81 bits per heavy atom. The van der Waals surface area contributed by atoms with Crippen molar-refractivity contribution in [1.29, 1.82) is 0 Å². The number of amides is 1. The number of carbonyl (C=O) groups is 1. The Bertz CT molecular complexity index is 836. The molecule has 1 N–H and O–H groups in total. The molecule has 1 atom stereocenters. The molecular weight excluding hydrogens is 342 g/mol. The summed E-state index contributed by atoms with van der Waals surface area (Å²) in [5, 5.41) is 6.90. The highest BCUT2D eigenvalue weighted by Crippen LogP contribution is 2.28. The number of hydrogen-bond donors (Lipinski definition) is 1. The highest BCUT2D eigenvalue weighted by molar-refractivity contribution is 5.82. The highest BCUT2D eigenvalue weighted by atomic mass is 16.2. The summed E-state index contributed by atoms with van der Waals surface area (Å²) in [6.45, 7) is 2.46. The van der Waals surface area contributed by atoms with Crippen molar-refractivity contribution in [3.63, 3.8) is 0 Å². The standard InChI is InChI=1S/C20H27N5O2/c1-23-12-6-5-9-17(23)19(26)24-13-10-15(11-14-24)18-21-22-20(27)25(18)16-7-3-2-4-8-16/h2-4,7-8,15,17H,5-6,9-14H2,1H3,(H,22,27). The zero-order chi connectivity index (χ0) is 18.8. The minimum Gasteiger partial charge on any atom is -0.341 e. The van der Waals surface area contributed by atoms with E-state index in [1.165, 1.54) is 6.42 Å². The van der Waals surface area contributed by atoms with Crippen LogP contribution in [0, 0.1) is 0 Å². The van der Waals surface area contributed by atoms with Gasteiger partial charge in [-0.15, -0.1) is 0 Å². The molecule has 0 saturated carbocycles. The SMILES string of the molecule is CN1CCCCC1C(=O)N1CCC(c2n[nH]c(=O)n2-c2ccccc2)CC1. The predicted octanol–water partition coefficient (Wildman–Crippen LogP) is 1.75. The molecule has 0 spiro atoms. The maximum absolute atomic E-state index is 12.9. The number of H-pyrrole nitrogens is 1. The first kappa shape index (κ1) is 18.0. The van der Waals surface area contributed by atoms with Gasteiger partial charge >= 0.3 is 5.69 Å². The van der Waals surface area contributed by atoms with E-state index in [4.69, 9.17) is 0 Å². The molecule has 1 aromatic heterocycles. The summed E-state index contributed by atoms with van der Waals surface area (Å²) in [6, 6.07) is 9.63. The molecule has 3 heterocycles. The minimum absolute atomic E-state index is 0.0307. The smallest absolute Gasteiger partial charge is 0.341 e. The summed E-state index contributed by atoms with van der Waals surface area (Å²) in [6.07, 6.45) is 4.94. The van der Waals surface area contributed by atoms with E-state index in [0.29, 0.717) is 0 Å². The van der Waals surface area contributed by atoms with Crippen LogP contribution in [0.2, 0.25) is 0 Å². The molecule has 1 aromatic carbocycles. The molecule has 2 aliphatic rings. The summed E-state index contributed by atoms with van der Waals surface area (Å²) >= 11 is 0. The van der Waals surface area contributed by atoms with Gasteiger partial charge in [-0.2, -0.15) is 5.10 Å². The van der Waals surface area contributed by atoms with Gasteiger partial charge in [-0.05, 0) is 51.4 Å². The van der Waals surface area contributed by atoms with E-state index in [2.05, 4.69) is 22.1 Å². The average molecular weight is 369 g/mol. The van der Waals surface area contributed by atoms with Gasteiger partial charge in [-0.3, -0.25) is 9.69 Å². The van der Waals surface area contributed by atoms with Crippen molar-refractivity contribution in [3.8, 4) is 5.69 Å². The van der Waals surface area contributed by atoms with Crippen molar-refractivity contribution in [2.45, 2.75) is 44.1 Å². The Balaban J connectivity index is 1.46. The highest BCUT2D eigenvalue weighted by Gasteiger charge is 2.33. The number of aromatic amines is 1. The lowest BCUT2D eigenvalue weighted by atomic mass is 9.94. The Morgan fingerprint density at radius 1 is 1.07 bits per heavy atom. The van der Waals surface area contributed by atoms with E-state index in [1.807, 2.05) is 35.2 Å². The number of benzene rings is 1. The quantitative estimate of drug-likeness (QED) is 0.895. The predicted molar refractivity (Wildman–Crippen MR) is 103 cm³/mol. The molecule has 0 bridgehead atoms. The van der Waals surface area contributed by atoms with Gasteiger partial charge in [0, 0.05) is 19.0 Å². The number of nitrogens with one attached hydrogen (secondary N) is 1. The maximum Gasteiger partial charge on any atom is 0.347 e. The van der Waals surface area contributed by atoms with Crippen LogP contribution in [-0.2, 0) is 4.79 Å². The minimum atomic E-state index is -0.210. The van der Waals surface area contributed by atoms with Gasteiger partial charge in [0.25, 0.3) is 0 Å². The van der Waals surface area contributed by atoms with Gasteiger partial charge in [0.2, 0.25) is 5.91 Å². The van der Waals surface area contributed by atoms with Crippen LogP contribution in [0.5, 0.6) is 0 Å². The lowest BCUT2D eigenvalue weighted by Gasteiger charge is -2.38. The molecule has 2 saturated heterocycles. The molecule has 2 aromatic rings. The molecule has 2 aliphatic heterocycles. The number of carbonyl (C=O) groups excluding carboxylic acids is 1. The van der Waals surface area contributed by atoms with Crippen molar-refractivity contribution in [2.24, 2.45) is 0 Å². The van der Waals surface area contributed by atoms with E-state index in [1.54, 1.807) is 4.57 Å². The topological polar surface area (TPSA) is 74.2 Å². The van der Waals surface area contributed by atoms with E-state index in [-0.39, 0.29) is 23.6 Å². The maximum atomic E-state index is 12.9. The van der Waals surface area contributed by atoms with Crippen molar-refractivity contribution in [1.82, 2.24) is 24.6 Å². The second-order valence-corrected chi connectivity index (χ2v) is 7.65. The second kappa shape index (κ2) is 7.68. The van der Waals surface area contributed by atoms with Gasteiger partial charge < -0.3 is 4.90 Å². The summed E-state index contributed by atoms with van der Waals surface area (Å²) in [5.41, 5.74) is 0.618. The molecule has 7 heteroatoms. The second-order valence-electron chi connectivity index (χ2n) is 7.65. The van der Waals surface area contributed by atoms with Crippen molar-refractivity contribution >= 4 is 5.91 Å². The molecule has 0 aliphatic carbocycles. The monoisotopic (exact) mass is 369 g/mol. The first-order valence-corrected chi connectivity index (χ1v) is 9.87. The van der Waals surface area contributed by atoms with Gasteiger partial charge in [0.05, 0.1) is 11.7 Å². The number of aromatic nitrogens is 3. The van der Waals surface area contributed by atoms with Gasteiger partial charge in [-0.1, -0.05) is 24.6 Å². The number of hydrogen-bond acceptors (Lipinski definition) is 4. The van der Waals surface area contributed by atoms with E-state index in [9.17, 15) is 9.59 Å². The number of piperidine rings is 2. The molecule has 144 valence electrons. The fourth-order valence-corrected chi connectivity index (χ4v) is 4.37. The summed E-state index contributed by atoms with van der Waals surface area (Å²) < 4.78 is 1.66. The third kappa shape index (κ3) is 3.56. The Labute approximate surface area is 159 Å². The van der Waals surface area contributed by atoms with Crippen LogP contribution < -0.4 is 5.69 Å². The Hall–Kier alpha value is -2.41. The Kier molecular flexibility index (Phi) is 5.11. The van der Waals surface area contributed by atoms with Crippen LogP contribution in [-0.4, -0.2) is 63.2 Å². The van der Waals surface area contributed by atoms with Crippen molar-refractivity contribution < 1.29 is 4.79 Å². The molecule has 1 unspecified atom stereocenters.